The fourth-order valence-corrected chi connectivity index (χ4v) is 6.82. The van der Waals surface area contributed by atoms with Crippen molar-refractivity contribution >= 4 is 24.6 Å². The van der Waals surface area contributed by atoms with E-state index in [-0.39, 0.29) is 0 Å². The monoisotopic (exact) mass is 280 g/mol. The van der Waals surface area contributed by atoms with Crippen LogP contribution in [0.4, 0.5) is 0 Å². The molecule has 0 aliphatic carbocycles. The first-order valence-electron chi connectivity index (χ1n) is 6.60. The molecule has 1 atom stereocenters. The smallest absolute Gasteiger partial charge is 0.108 e. The molecule has 0 spiro atoms. The van der Waals surface area contributed by atoms with E-state index in [4.69, 9.17) is 0 Å². The number of hydrogen-bond acceptors (Lipinski definition) is 3. The predicted molar refractivity (Wildman–Crippen MR) is 86.3 cm³/mol. The normalized spacial score (nSPS) is 14.0. The number of hydrogen-bond donors (Lipinski definition) is 0. The van der Waals surface area contributed by atoms with Crippen molar-refractivity contribution in [2.24, 2.45) is 4.99 Å². The molecule has 0 fully saturated rings. The summed E-state index contributed by atoms with van der Waals surface area (Å²) in [6, 6.07) is 5.91. The second-order valence-corrected chi connectivity index (χ2v) is 14.9. The van der Waals surface area contributed by atoms with Crippen LogP contribution in [0.1, 0.15) is 25.5 Å². The van der Waals surface area contributed by atoms with Gasteiger partial charge in [0.25, 0.3) is 0 Å². The Labute approximate surface area is 116 Å². The molecule has 1 heterocycles. The Bertz CT molecular complexity index is 360. The third-order valence-corrected chi connectivity index (χ3v) is 6.90. The highest BCUT2D eigenvalue weighted by Gasteiger charge is 2.19. The standard InChI is InChI=1S/C14H24N2SSi/c1-5-8-14(17-18(2,3)4)12-15-11-13-9-6-7-10-16-13/h6-7,9-11,14H,5,8,12H2,1-4H3/b15-11+. The zero-order valence-electron chi connectivity index (χ0n) is 11.9. The molecule has 1 rings (SSSR count). The molecule has 1 aromatic heterocycles. The molecule has 0 saturated carbocycles. The minimum absolute atomic E-state index is 0.668. The molecule has 2 nitrogen and oxygen atoms in total. The van der Waals surface area contributed by atoms with E-state index in [2.05, 4.69) is 47.8 Å². The molecule has 0 bridgehead atoms. The summed E-state index contributed by atoms with van der Waals surface area (Å²) >= 11 is 2.17. The summed E-state index contributed by atoms with van der Waals surface area (Å²) in [7, 11) is -1.06. The van der Waals surface area contributed by atoms with Gasteiger partial charge in [0.15, 0.2) is 0 Å². The van der Waals surface area contributed by atoms with E-state index in [0.29, 0.717) is 5.25 Å². The Kier molecular flexibility index (Phi) is 6.64. The van der Waals surface area contributed by atoms with Gasteiger partial charge in [0.1, 0.15) is 7.22 Å². The maximum atomic E-state index is 4.56. The number of pyridine rings is 1. The molecule has 100 valence electrons. The Morgan fingerprint density at radius 3 is 2.72 bits per heavy atom. The van der Waals surface area contributed by atoms with Crippen LogP contribution in [0.25, 0.3) is 0 Å². The topological polar surface area (TPSA) is 25.2 Å². The van der Waals surface area contributed by atoms with Crippen LogP contribution < -0.4 is 0 Å². The van der Waals surface area contributed by atoms with Gasteiger partial charge >= 0.3 is 0 Å². The van der Waals surface area contributed by atoms with Crippen molar-refractivity contribution in [1.29, 1.82) is 0 Å². The van der Waals surface area contributed by atoms with Crippen molar-refractivity contribution in [3.05, 3.63) is 30.1 Å². The molecule has 0 saturated heterocycles. The van der Waals surface area contributed by atoms with Crippen molar-refractivity contribution in [2.75, 3.05) is 6.54 Å². The summed E-state index contributed by atoms with van der Waals surface area (Å²) in [4.78, 5) is 8.81. The average Bonchev–Trinajstić information content (AvgIpc) is 2.28. The first-order valence-corrected chi connectivity index (χ1v) is 11.7. The van der Waals surface area contributed by atoms with Crippen LogP contribution in [0.3, 0.4) is 0 Å². The van der Waals surface area contributed by atoms with Crippen LogP contribution in [0.15, 0.2) is 29.4 Å². The van der Waals surface area contributed by atoms with Crippen molar-refractivity contribution < 1.29 is 0 Å². The van der Waals surface area contributed by atoms with Gasteiger partial charge in [-0.2, -0.15) is 11.2 Å². The zero-order valence-corrected chi connectivity index (χ0v) is 13.7. The van der Waals surface area contributed by atoms with Crippen LogP contribution in [0.5, 0.6) is 0 Å². The van der Waals surface area contributed by atoms with Gasteiger partial charge in [-0.1, -0.05) is 39.1 Å². The van der Waals surface area contributed by atoms with Crippen LogP contribution in [-0.2, 0) is 0 Å². The molecular formula is C14H24N2SSi. The van der Waals surface area contributed by atoms with Crippen LogP contribution >= 0.6 is 11.2 Å². The molecule has 0 N–H and O–H groups in total. The van der Waals surface area contributed by atoms with Crippen molar-refractivity contribution in [1.82, 2.24) is 4.98 Å². The van der Waals surface area contributed by atoms with E-state index in [9.17, 15) is 0 Å². The van der Waals surface area contributed by atoms with Gasteiger partial charge in [-0.15, -0.1) is 0 Å². The summed E-state index contributed by atoms with van der Waals surface area (Å²) in [5.41, 5.74) is 0.950. The van der Waals surface area contributed by atoms with E-state index in [1.54, 1.807) is 0 Å². The molecule has 0 amide bonds. The zero-order chi connectivity index (χ0) is 13.4. The van der Waals surface area contributed by atoms with Gasteiger partial charge in [0.05, 0.1) is 12.2 Å². The minimum Gasteiger partial charge on any atom is -0.290 e. The van der Waals surface area contributed by atoms with E-state index < -0.39 is 7.22 Å². The summed E-state index contributed by atoms with van der Waals surface area (Å²) in [5.74, 6) is 0. The van der Waals surface area contributed by atoms with E-state index in [1.165, 1.54) is 12.8 Å². The fraction of sp³-hybridized carbons (Fsp3) is 0.571. The number of nitrogens with zero attached hydrogens (tertiary/aromatic N) is 2. The van der Waals surface area contributed by atoms with Crippen LogP contribution in [0.2, 0.25) is 19.6 Å². The highest BCUT2D eigenvalue weighted by Crippen LogP contribution is 2.27. The SMILES string of the molecule is CCCC(C/N=C/c1ccccn1)S[Si](C)(C)C. The Balaban J connectivity index is 2.49. The van der Waals surface area contributed by atoms with Gasteiger partial charge in [-0.3, -0.25) is 9.98 Å². The van der Waals surface area contributed by atoms with E-state index in [1.807, 2.05) is 30.6 Å². The highest BCUT2D eigenvalue weighted by molar-refractivity contribution is 8.29. The molecule has 0 radical (unpaired) electrons. The lowest BCUT2D eigenvalue weighted by atomic mass is 10.2. The van der Waals surface area contributed by atoms with Gasteiger partial charge in [0, 0.05) is 17.7 Å². The summed E-state index contributed by atoms with van der Waals surface area (Å²) < 4.78 is 0. The lowest BCUT2D eigenvalue weighted by Gasteiger charge is -2.22. The van der Waals surface area contributed by atoms with Gasteiger partial charge in [0.2, 0.25) is 0 Å². The van der Waals surface area contributed by atoms with Crippen LogP contribution in [-0.4, -0.2) is 30.2 Å². The quantitative estimate of drug-likeness (QED) is 0.551. The first kappa shape index (κ1) is 15.4. The van der Waals surface area contributed by atoms with Gasteiger partial charge < -0.3 is 0 Å². The average molecular weight is 281 g/mol. The van der Waals surface area contributed by atoms with Gasteiger partial charge in [-0.25, -0.2) is 0 Å². The lowest BCUT2D eigenvalue weighted by molar-refractivity contribution is 0.748. The molecule has 0 aromatic carbocycles. The van der Waals surface area contributed by atoms with Crippen molar-refractivity contribution in [3.63, 3.8) is 0 Å². The Morgan fingerprint density at radius 2 is 2.17 bits per heavy atom. The molecule has 1 unspecified atom stereocenters. The molecule has 18 heavy (non-hydrogen) atoms. The van der Waals surface area contributed by atoms with Crippen molar-refractivity contribution in [3.8, 4) is 0 Å². The highest BCUT2D eigenvalue weighted by atomic mass is 32.4. The maximum Gasteiger partial charge on any atom is 0.108 e. The largest absolute Gasteiger partial charge is 0.290 e. The fourth-order valence-electron chi connectivity index (χ4n) is 1.73. The third kappa shape index (κ3) is 6.96. The Hall–Kier alpha value is -0.613. The predicted octanol–water partition coefficient (Wildman–Crippen LogP) is 4.24. The van der Waals surface area contributed by atoms with Crippen LogP contribution in [0, 0.1) is 0 Å². The Morgan fingerprint density at radius 1 is 1.39 bits per heavy atom. The summed E-state index contributed by atoms with van der Waals surface area (Å²) in [6.45, 7) is 10.4. The van der Waals surface area contributed by atoms with Crippen molar-refractivity contribution in [2.45, 2.75) is 44.7 Å². The molecular weight excluding hydrogens is 256 g/mol. The molecule has 1 aromatic rings. The number of aromatic nitrogens is 1. The molecule has 0 aliphatic heterocycles. The number of rotatable bonds is 7. The molecule has 0 aliphatic rings. The van der Waals surface area contributed by atoms with Gasteiger partial charge in [-0.05, 0) is 18.6 Å². The summed E-state index contributed by atoms with van der Waals surface area (Å²) in [5, 5.41) is 0.668. The second-order valence-electron chi connectivity index (χ2n) is 5.39. The lowest BCUT2D eigenvalue weighted by Crippen LogP contribution is -2.22. The van der Waals surface area contributed by atoms with E-state index in [0.717, 1.165) is 12.2 Å². The first-order chi connectivity index (χ1) is 8.51. The summed E-state index contributed by atoms with van der Waals surface area (Å²) in [6.07, 6.45) is 6.20. The van der Waals surface area contributed by atoms with E-state index >= 15 is 0 Å². The minimum atomic E-state index is -1.06. The third-order valence-electron chi connectivity index (χ3n) is 2.35. The number of aliphatic imine (C=N–C) groups is 1. The second kappa shape index (κ2) is 7.74. The maximum absolute atomic E-state index is 4.56. The molecule has 4 heteroatoms.